The van der Waals surface area contributed by atoms with Crippen LogP contribution >= 0.6 is 0 Å². The van der Waals surface area contributed by atoms with Gasteiger partial charge in [-0.25, -0.2) is 4.39 Å². The van der Waals surface area contributed by atoms with Gasteiger partial charge < -0.3 is 14.7 Å². The summed E-state index contributed by atoms with van der Waals surface area (Å²) in [6, 6.07) is 5.86. The van der Waals surface area contributed by atoms with Gasteiger partial charge in [-0.1, -0.05) is 12.1 Å². The third-order valence-corrected chi connectivity index (χ3v) is 4.17. The van der Waals surface area contributed by atoms with Gasteiger partial charge in [-0.15, -0.1) is 0 Å². The molecule has 1 N–H and O–H groups in total. The van der Waals surface area contributed by atoms with Crippen LogP contribution < -0.4 is 0 Å². The van der Waals surface area contributed by atoms with Crippen LogP contribution in [0.1, 0.15) is 10.4 Å². The number of β-amino-alcohol motifs (C(OH)–C–C–N with tert-alkyl or cyclic N) is 1. The van der Waals surface area contributed by atoms with E-state index in [1.165, 1.54) is 17.0 Å². The van der Waals surface area contributed by atoms with Crippen LogP contribution in [-0.2, 0) is 4.74 Å². The molecule has 0 bridgehead atoms. The number of nitrogens with zero attached hydrogens (tertiary/aromatic N) is 2. The van der Waals surface area contributed by atoms with Crippen molar-refractivity contribution in [3.8, 4) is 0 Å². The maximum absolute atomic E-state index is 13.7. The monoisotopic (exact) mass is 294 g/mol. The second-order valence-electron chi connectivity index (χ2n) is 5.47. The van der Waals surface area contributed by atoms with E-state index in [0.717, 1.165) is 13.1 Å². The van der Waals surface area contributed by atoms with Crippen molar-refractivity contribution in [2.75, 3.05) is 39.4 Å². The molecule has 21 heavy (non-hydrogen) atoms. The Labute approximate surface area is 122 Å². The third kappa shape index (κ3) is 2.92. The fourth-order valence-corrected chi connectivity index (χ4v) is 3.01. The lowest BCUT2D eigenvalue weighted by Gasteiger charge is -2.33. The van der Waals surface area contributed by atoms with Gasteiger partial charge in [0.05, 0.1) is 30.9 Å². The molecule has 0 radical (unpaired) electrons. The minimum Gasteiger partial charge on any atom is -0.390 e. The number of halogens is 1. The SMILES string of the molecule is O=C(c1ccccc1F)N1C[C@@H](O)[C@H](N2CCOCC2)C1. The lowest BCUT2D eigenvalue weighted by molar-refractivity contribution is -0.00611. The summed E-state index contributed by atoms with van der Waals surface area (Å²) < 4.78 is 19.0. The van der Waals surface area contributed by atoms with Crippen LogP contribution in [0.4, 0.5) is 4.39 Å². The minimum absolute atomic E-state index is 0.0623. The molecule has 0 aliphatic carbocycles. The van der Waals surface area contributed by atoms with Crippen LogP contribution in [0, 0.1) is 5.82 Å². The number of carbonyl (C=O) groups excluding carboxylic acids is 1. The summed E-state index contributed by atoms with van der Waals surface area (Å²) in [7, 11) is 0. The Bertz CT molecular complexity index is 519. The highest BCUT2D eigenvalue weighted by Gasteiger charge is 2.38. The molecule has 0 saturated carbocycles. The Kier molecular flexibility index (Phi) is 4.19. The first-order valence-corrected chi connectivity index (χ1v) is 7.20. The average Bonchev–Trinajstić information content (AvgIpc) is 2.90. The van der Waals surface area contributed by atoms with Crippen LogP contribution in [0.3, 0.4) is 0 Å². The fourth-order valence-electron chi connectivity index (χ4n) is 3.01. The van der Waals surface area contributed by atoms with Crippen LogP contribution in [0.5, 0.6) is 0 Å². The van der Waals surface area contributed by atoms with E-state index < -0.39 is 11.9 Å². The second kappa shape index (κ2) is 6.09. The quantitative estimate of drug-likeness (QED) is 0.855. The molecule has 2 aliphatic rings. The average molecular weight is 294 g/mol. The number of hydrogen-bond donors (Lipinski definition) is 1. The molecule has 3 rings (SSSR count). The lowest BCUT2D eigenvalue weighted by Crippen LogP contribution is -2.49. The summed E-state index contributed by atoms with van der Waals surface area (Å²) >= 11 is 0. The molecule has 6 heteroatoms. The van der Waals surface area contributed by atoms with E-state index in [1.54, 1.807) is 12.1 Å². The lowest BCUT2D eigenvalue weighted by atomic mass is 10.1. The van der Waals surface area contributed by atoms with E-state index in [-0.39, 0.29) is 24.1 Å². The molecule has 5 nitrogen and oxygen atoms in total. The van der Waals surface area contributed by atoms with Crippen molar-refractivity contribution < 1.29 is 19.0 Å². The number of aliphatic hydroxyl groups is 1. The first-order valence-electron chi connectivity index (χ1n) is 7.20. The molecule has 0 unspecified atom stereocenters. The van der Waals surface area contributed by atoms with Gasteiger partial charge in [0.2, 0.25) is 0 Å². The molecule has 114 valence electrons. The minimum atomic E-state index is -0.598. The highest BCUT2D eigenvalue weighted by Crippen LogP contribution is 2.20. The first-order chi connectivity index (χ1) is 10.2. The Balaban J connectivity index is 1.70. The number of aliphatic hydroxyl groups excluding tert-OH is 1. The standard InChI is InChI=1S/C15H19FN2O3/c16-12-4-2-1-3-11(12)15(20)18-9-13(14(19)10-18)17-5-7-21-8-6-17/h1-4,13-14,19H,5-10H2/t13-,14-/m1/s1. The van der Waals surface area contributed by atoms with E-state index in [1.807, 2.05) is 0 Å². The van der Waals surface area contributed by atoms with Crippen molar-refractivity contribution in [2.45, 2.75) is 12.1 Å². The number of hydrogen-bond acceptors (Lipinski definition) is 4. The highest BCUT2D eigenvalue weighted by atomic mass is 19.1. The number of carbonyl (C=O) groups is 1. The molecule has 2 atom stereocenters. The molecule has 1 aromatic carbocycles. The number of amides is 1. The highest BCUT2D eigenvalue weighted by molar-refractivity contribution is 5.94. The van der Waals surface area contributed by atoms with Crippen LogP contribution in [0.25, 0.3) is 0 Å². The molecule has 1 amide bonds. The normalized spacial score (nSPS) is 27.0. The summed E-state index contributed by atoms with van der Waals surface area (Å²) in [5, 5.41) is 10.2. The van der Waals surface area contributed by atoms with Gasteiger partial charge in [-0.05, 0) is 12.1 Å². The Morgan fingerprint density at radius 2 is 1.95 bits per heavy atom. The fraction of sp³-hybridized carbons (Fsp3) is 0.533. The van der Waals surface area contributed by atoms with Gasteiger partial charge in [0.25, 0.3) is 5.91 Å². The largest absolute Gasteiger partial charge is 0.390 e. The van der Waals surface area contributed by atoms with Crippen molar-refractivity contribution >= 4 is 5.91 Å². The number of benzene rings is 1. The molecule has 2 fully saturated rings. The molecule has 1 aromatic rings. The van der Waals surface area contributed by atoms with Crippen LogP contribution in [0.15, 0.2) is 24.3 Å². The maximum Gasteiger partial charge on any atom is 0.256 e. The van der Waals surface area contributed by atoms with Gasteiger partial charge in [-0.3, -0.25) is 9.69 Å². The number of morpholine rings is 1. The number of rotatable bonds is 2. The van der Waals surface area contributed by atoms with Gasteiger partial charge in [0, 0.05) is 26.2 Å². The summed E-state index contributed by atoms with van der Waals surface area (Å²) in [6.45, 7) is 3.46. The van der Waals surface area contributed by atoms with Crippen molar-refractivity contribution in [1.82, 2.24) is 9.80 Å². The molecule has 2 aliphatic heterocycles. The van der Waals surface area contributed by atoms with E-state index in [4.69, 9.17) is 4.74 Å². The molecule has 2 heterocycles. The molecule has 0 aromatic heterocycles. The molecule has 2 saturated heterocycles. The van der Waals surface area contributed by atoms with Crippen LogP contribution in [0.2, 0.25) is 0 Å². The maximum atomic E-state index is 13.7. The van der Waals surface area contributed by atoms with Gasteiger partial charge >= 0.3 is 0 Å². The zero-order valence-corrected chi connectivity index (χ0v) is 11.7. The summed E-state index contributed by atoms with van der Waals surface area (Å²) in [5.74, 6) is -0.880. The topological polar surface area (TPSA) is 53.0 Å². The number of likely N-dealkylation sites (tertiary alicyclic amines) is 1. The van der Waals surface area contributed by atoms with Crippen molar-refractivity contribution in [2.24, 2.45) is 0 Å². The third-order valence-electron chi connectivity index (χ3n) is 4.17. The first kappa shape index (κ1) is 14.4. The van der Waals surface area contributed by atoms with E-state index >= 15 is 0 Å². The summed E-state index contributed by atoms with van der Waals surface area (Å²) in [4.78, 5) is 16.0. The van der Waals surface area contributed by atoms with Crippen molar-refractivity contribution in [3.63, 3.8) is 0 Å². The zero-order valence-electron chi connectivity index (χ0n) is 11.7. The summed E-state index contributed by atoms with van der Waals surface area (Å²) in [6.07, 6.45) is -0.598. The van der Waals surface area contributed by atoms with Gasteiger partial charge in [0.1, 0.15) is 5.82 Å². The Morgan fingerprint density at radius 1 is 1.24 bits per heavy atom. The smallest absolute Gasteiger partial charge is 0.256 e. The van der Waals surface area contributed by atoms with E-state index in [2.05, 4.69) is 4.90 Å². The molecular formula is C15H19FN2O3. The zero-order chi connectivity index (χ0) is 14.8. The predicted molar refractivity (Wildman–Crippen MR) is 74.5 cm³/mol. The van der Waals surface area contributed by atoms with Gasteiger partial charge in [-0.2, -0.15) is 0 Å². The molecular weight excluding hydrogens is 275 g/mol. The van der Waals surface area contributed by atoms with Crippen LogP contribution in [-0.4, -0.2) is 72.4 Å². The summed E-state index contributed by atoms with van der Waals surface area (Å²) in [5.41, 5.74) is 0.0623. The van der Waals surface area contributed by atoms with Crippen molar-refractivity contribution in [3.05, 3.63) is 35.6 Å². The number of ether oxygens (including phenoxy) is 1. The Hall–Kier alpha value is -1.50. The van der Waals surface area contributed by atoms with E-state index in [9.17, 15) is 14.3 Å². The van der Waals surface area contributed by atoms with E-state index in [0.29, 0.717) is 19.8 Å². The second-order valence-corrected chi connectivity index (χ2v) is 5.47. The predicted octanol–water partition coefficient (Wildman–Crippen LogP) is 0.343. The van der Waals surface area contributed by atoms with Crippen molar-refractivity contribution in [1.29, 1.82) is 0 Å². The van der Waals surface area contributed by atoms with Gasteiger partial charge in [0.15, 0.2) is 0 Å². The Morgan fingerprint density at radius 3 is 2.67 bits per heavy atom. The molecule has 0 spiro atoms.